The fourth-order valence-corrected chi connectivity index (χ4v) is 4.16. The molecular weight excluding hydrogens is 240 g/mol. The molecule has 3 nitrogen and oxygen atoms in total. The fraction of sp³-hybridized carbons (Fsp3) is 0.909. The van der Waals surface area contributed by atoms with Crippen LogP contribution in [0.1, 0.15) is 19.3 Å². The van der Waals surface area contributed by atoms with E-state index in [0.29, 0.717) is 18.5 Å². The highest BCUT2D eigenvalue weighted by Gasteiger charge is 2.20. The molecule has 0 aromatic heterocycles. The number of carbonyl (C=O) groups excluding carboxylic acids is 1. The lowest BCUT2D eigenvalue weighted by molar-refractivity contribution is -0.122. The van der Waals surface area contributed by atoms with Crippen molar-refractivity contribution in [1.29, 1.82) is 0 Å². The number of rotatable bonds is 3. The molecule has 2 rings (SSSR count). The van der Waals surface area contributed by atoms with Crippen molar-refractivity contribution in [1.82, 2.24) is 10.6 Å². The maximum Gasteiger partial charge on any atom is 0.221 e. The summed E-state index contributed by atoms with van der Waals surface area (Å²) in [6.45, 7) is 1.04. The summed E-state index contributed by atoms with van der Waals surface area (Å²) in [6, 6.07) is 0.821. The molecule has 0 aliphatic carbocycles. The molecule has 92 valence electrons. The minimum absolute atomic E-state index is 0.233. The molecule has 0 bridgehead atoms. The molecule has 5 heteroatoms. The van der Waals surface area contributed by atoms with Gasteiger partial charge in [-0.1, -0.05) is 0 Å². The summed E-state index contributed by atoms with van der Waals surface area (Å²) in [6.07, 6.45) is 2.93. The van der Waals surface area contributed by atoms with Gasteiger partial charge in [-0.25, -0.2) is 0 Å². The predicted molar refractivity (Wildman–Crippen MR) is 72.2 cm³/mol. The summed E-state index contributed by atoms with van der Waals surface area (Å²) < 4.78 is 0. The summed E-state index contributed by atoms with van der Waals surface area (Å²) in [7, 11) is 0. The zero-order chi connectivity index (χ0) is 11.2. The van der Waals surface area contributed by atoms with Crippen LogP contribution in [-0.2, 0) is 4.79 Å². The van der Waals surface area contributed by atoms with Crippen LogP contribution in [0.25, 0.3) is 0 Å². The van der Waals surface area contributed by atoms with Gasteiger partial charge >= 0.3 is 0 Å². The first-order valence-electron chi connectivity index (χ1n) is 6.03. The summed E-state index contributed by atoms with van der Waals surface area (Å²) in [5.74, 6) is 4.88. The minimum Gasteiger partial charge on any atom is -0.353 e. The summed E-state index contributed by atoms with van der Waals surface area (Å²) >= 11 is 3.94. The van der Waals surface area contributed by atoms with Crippen LogP contribution in [0.15, 0.2) is 0 Å². The zero-order valence-electron chi connectivity index (χ0n) is 9.54. The van der Waals surface area contributed by atoms with Crippen molar-refractivity contribution in [3.63, 3.8) is 0 Å². The highest BCUT2D eigenvalue weighted by Crippen LogP contribution is 2.17. The molecule has 2 heterocycles. The van der Waals surface area contributed by atoms with Crippen LogP contribution in [0.4, 0.5) is 0 Å². The monoisotopic (exact) mass is 260 g/mol. The largest absolute Gasteiger partial charge is 0.353 e. The van der Waals surface area contributed by atoms with Crippen LogP contribution in [0, 0.1) is 0 Å². The topological polar surface area (TPSA) is 41.1 Å². The van der Waals surface area contributed by atoms with Gasteiger partial charge in [-0.2, -0.15) is 23.5 Å². The summed E-state index contributed by atoms with van der Waals surface area (Å²) in [4.78, 5) is 11.8. The summed E-state index contributed by atoms with van der Waals surface area (Å²) in [5, 5.41) is 6.57. The molecule has 0 saturated carbocycles. The molecule has 0 radical (unpaired) electrons. The SMILES string of the molecule is O=C(CC1CSCCN1)NC1CCSCC1. The lowest BCUT2D eigenvalue weighted by Crippen LogP contribution is -2.44. The first kappa shape index (κ1) is 12.6. The van der Waals surface area contributed by atoms with E-state index >= 15 is 0 Å². The molecule has 0 aromatic rings. The molecule has 1 unspecified atom stereocenters. The Morgan fingerprint density at radius 1 is 1.25 bits per heavy atom. The second kappa shape index (κ2) is 6.77. The van der Waals surface area contributed by atoms with Crippen LogP contribution >= 0.6 is 23.5 Å². The average molecular weight is 260 g/mol. The van der Waals surface area contributed by atoms with Gasteiger partial charge in [0.25, 0.3) is 0 Å². The van der Waals surface area contributed by atoms with Gasteiger partial charge in [-0.05, 0) is 24.3 Å². The Balaban J connectivity index is 1.66. The average Bonchev–Trinajstić information content (AvgIpc) is 2.31. The van der Waals surface area contributed by atoms with Gasteiger partial charge in [0, 0.05) is 36.6 Å². The third-order valence-electron chi connectivity index (χ3n) is 3.02. The van der Waals surface area contributed by atoms with Gasteiger partial charge in [0.2, 0.25) is 5.91 Å². The van der Waals surface area contributed by atoms with Crippen molar-refractivity contribution in [3.8, 4) is 0 Å². The normalized spacial score (nSPS) is 27.6. The second-order valence-corrected chi connectivity index (χ2v) is 6.76. The van der Waals surface area contributed by atoms with E-state index in [1.54, 1.807) is 0 Å². The van der Waals surface area contributed by atoms with Gasteiger partial charge < -0.3 is 10.6 Å². The summed E-state index contributed by atoms with van der Waals surface area (Å²) in [5.41, 5.74) is 0. The Morgan fingerprint density at radius 3 is 2.75 bits per heavy atom. The quantitative estimate of drug-likeness (QED) is 0.797. The van der Waals surface area contributed by atoms with E-state index in [2.05, 4.69) is 10.6 Å². The predicted octanol–water partition coefficient (Wildman–Crippen LogP) is 1.09. The maximum atomic E-state index is 11.8. The third kappa shape index (κ3) is 4.18. The van der Waals surface area contributed by atoms with E-state index in [0.717, 1.165) is 25.1 Å². The van der Waals surface area contributed by atoms with Crippen LogP contribution < -0.4 is 10.6 Å². The molecule has 16 heavy (non-hydrogen) atoms. The number of carbonyl (C=O) groups is 1. The van der Waals surface area contributed by atoms with E-state index in [4.69, 9.17) is 0 Å². The van der Waals surface area contributed by atoms with Gasteiger partial charge in [-0.15, -0.1) is 0 Å². The molecule has 0 spiro atoms. The minimum atomic E-state index is 0.233. The Labute approximate surface area is 106 Å². The lowest BCUT2D eigenvalue weighted by atomic mass is 10.1. The van der Waals surface area contributed by atoms with Gasteiger partial charge in [-0.3, -0.25) is 4.79 Å². The molecule has 1 amide bonds. The van der Waals surface area contributed by atoms with Crippen LogP contribution in [0.3, 0.4) is 0 Å². The van der Waals surface area contributed by atoms with E-state index in [1.165, 1.54) is 17.3 Å². The second-order valence-electron chi connectivity index (χ2n) is 4.38. The van der Waals surface area contributed by atoms with E-state index in [-0.39, 0.29) is 5.91 Å². The fourth-order valence-electron chi connectivity index (χ4n) is 2.10. The van der Waals surface area contributed by atoms with E-state index < -0.39 is 0 Å². The van der Waals surface area contributed by atoms with Crippen molar-refractivity contribution < 1.29 is 4.79 Å². The highest BCUT2D eigenvalue weighted by atomic mass is 32.2. The molecular formula is C11H20N2OS2. The molecule has 2 fully saturated rings. The van der Waals surface area contributed by atoms with Crippen LogP contribution in [-0.4, -0.2) is 47.5 Å². The molecule has 0 aromatic carbocycles. The molecule has 2 aliphatic heterocycles. The highest BCUT2D eigenvalue weighted by molar-refractivity contribution is 7.99. The Bertz CT molecular complexity index is 204. The number of amides is 1. The number of nitrogens with one attached hydrogen (secondary N) is 2. The Morgan fingerprint density at radius 2 is 2.06 bits per heavy atom. The van der Waals surface area contributed by atoms with E-state index in [9.17, 15) is 4.79 Å². The van der Waals surface area contributed by atoms with E-state index in [1.807, 2.05) is 23.5 Å². The standard InChI is InChI=1S/C11H20N2OS2/c14-11(7-10-8-16-6-3-12-10)13-9-1-4-15-5-2-9/h9-10,12H,1-8H2,(H,13,14). The van der Waals surface area contributed by atoms with Crippen LogP contribution in [0.5, 0.6) is 0 Å². The van der Waals surface area contributed by atoms with Gasteiger partial charge in [0.15, 0.2) is 0 Å². The van der Waals surface area contributed by atoms with Crippen molar-refractivity contribution in [3.05, 3.63) is 0 Å². The van der Waals surface area contributed by atoms with Crippen molar-refractivity contribution in [2.75, 3.05) is 29.6 Å². The number of hydrogen-bond acceptors (Lipinski definition) is 4. The van der Waals surface area contributed by atoms with Gasteiger partial charge in [0.05, 0.1) is 0 Å². The molecule has 2 N–H and O–H groups in total. The molecule has 2 aliphatic rings. The van der Waals surface area contributed by atoms with Crippen molar-refractivity contribution >= 4 is 29.4 Å². The molecule has 1 atom stereocenters. The Kier molecular flexibility index (Phi) is 5.32. The Hall–Kier alpha value is 0.130. The lowest BCUT2D eigenvalue weighted by Gasteiger charge is -2.26. The maximum absolute atomic E-state index is 11.8. The number of thioether (sulfide) groups is 2. The molecule has 2 saturated heterocycles. The van der Waals surface area contributed by atoms with Crippen LogP contribution in [0.2, 0.25) is 0 Å². The van der Waals surface area contributed by atoms with Crippen molar-refractivity contribution in [2.45, 2.75) is 31.3 Å². The zero-order valence-corrected chi connectivity index (χ0v) is 11.2. The smallest absolute Gasteiger partial charge is 0.221 e. The van der Waals surface area contributed by atoms with Gasteiger partial charge in [0.1, 0.15) is 0 Å². The third-order valence-corrected chi connectivity index (χ3v) is 5.20. The van der Waals surface area contributed by atoms with Crippen molar-refractivity contribution in [2.24, 2.45) is 0 Å². The first-order chi connectivity index (χ1) is 7.84. The first-order valence-corrected chi connectivity index (χ1v) is 8.34. The number of hydrogen-bond donors (Lipinski definition) is 2.